The van der Waals surface area contributed by atoms with Crippen molar-refractivity contribution >= 4 is 40.5 Å². The molecule has 5 nitrogen and oxygen atoms in total. The van der Waals surface area contributed by atoms with Gasteiger partial charge < -0.3 is 19.7 Å². The third kappa shape index (κ3) is 6.43. The first-order valence-corrected chi connectivity index (χ1v) is 13.0. The molecule has 0 radical (unpaired) electrons. The maximum atomic E-state index is 12.1. The topological polar surface area (TPSA) is 76.0 Å². The Morgan fingerprint density at radius 3 is 2.73 bits per heavy atom. The van der Waals surface area contributed by atoms with Crippen LogP contribution in [0.15, 0.2) is 30.3 Å². The molecule has 0 aliphatic heterocycles. The van der Waals surface area contributed by atoms with Gasteiger partial charge in [0.05, 0.1) is 23.7 Å². The fourth-order valence-electron chi connectivity index (χ4n) is 4.61. The van der Waals surface area contributed by atoms with Crippen molar-refractivity contribution in [1.29, 1.82) is 0 Å². The number of benzene rings is 1. The summed E-state index contributed by atoms with van der Waals surface area (Å²) in [4.78, 5) is 13.7. The van der Waals surface area contributed by atoms with E-state index in [1.165, 1.54) is 11.3 Å². The Morgan fingerprint density at radius 1 is 1.30 bits per heavy atom. The molecule has 1 saturated carbocycles. The van der Waals surface area contributed by atoms with Gasteiger partial charge in [0.15, 0.2) is 0 Å². The molecule has 182 valence electrons. The number of esters is 1. The van der Waals surface area contributed by atoms with Crippen LogP contribution in [0, 0.1) is 5.92 Å². The molecule has 1 aromatic carbocycles. The Balaban J connectivity index is 1.62. The second-order valence-electron chi connectivity index (χ2n) is 8.89. The highest BCUT2D eigenvalue weighted by Gasteiger charge is 2.53. The van der Waals surface area contributed by atoms with E-state index in [4.69, 9.17) is 32.7 Å². The fourth-order valence-corrected chi connectivity index (χ4v) is 6.24. The first kappa shape index (κ1) is 26.3. The summed E-state index contributed by atoms with van der Waals surface area (Å²) in [7, 11) is 0. The molecule has 3 rings (SSSR count). The zero-order valence-corrected chi connectivity index (χ0v) is 21.6. The highest BCUT2D eigenvalue weighted by atomic mass is 35.5. The van der Waals surface area contributed by atoms with Gasteiger partial charge >= 0.3 is 5.97 Å². The van der Waals surface area contributed by atoms with Crippen LogP contribution in [-0.4, -0.2) is 39.4 Å². The number of thiophene rings is 1. The monoisotopic (exact) mass is 514 g/mol. The van der Waals surface area contributed by atoms with Gasteiger partial charge in [-0.15, -0.1) is 22.9 Å². The van der Waals surface area contributed by atoms with Crippen LogP contribution in [0.25, 0.3) is 0 Å². The van der Waals surface area contributed by atoms with Crippen LogP contribution in [0.1, 0.15) is 66.6 Å². The lowest BCUT2D eigenvalue weighted by Gasteiger charge is -2.34. The largest absolute Gasteiger partial charge is 0.490 e. The number of hydrogen-bond acceptors (Lipinski definition) is 6. The second kappa shape index (κ2) is 11.4. The summed E-state index contributed by atoms with van der Waals surface area (Å²) in [5.41, 5.74) is -0.371. The average Bonchev–Trinajstić information content (AvgIpc) is 3.30. The average molecular weight is 515 g/mol. The molecule has 0 spiro atoms. The van der Waals surface area contributed by atoms with Gasteiger partial charge in [-0.3, -0.25) is 0 Å². The van der Waals surface area contributed by atoms with E-state index in [1.807, 2.05) is 26.8 Å². The lowest BCUT2D eigenvalue weighted by atomic mass is 9.83. The number of carbonyl (C=O) groups is 1. The Kier molecular flexibility index (Phi) is 9.09. The van der Waals surface area contributed by atoms with Crippen LogP contribution in [0.3, 0.4) is 0 Å². The van der Waals surface area contributed by atoms with E-state index < -0.39 is 11.0 Å². The van der Waals surface area contributed by atoms with E-state index in [9.17, 15) is 15.0 Å². The third-order valence-corrected chi connectivity index (χ3v) is 8.02. The number of halogens is 2. The molecule has 8 heteroatoms. The molecule has 2 N–H and O–H groups in total. The minimum absolute atomic E-state index is 0.125. The van der Waals surface area contributed by atoms with Crippen molar-refractivity contribution in [2.75, 3.05) is 0 Å². The quantitative estimate of drug-likeness (QED) is 0.300. The van der Waals surface area contributed by atoms with E-state index in [0.29, 0.717) is 34.1 Å². The number of ether oxygens (including phenoxy) is 2. The number of aryl methyl sites for hydroxylation is 1. The lowest BCUT2D eigenvalue weighted by Crippen LogP contribution is -2.43. The van der Waals surface area contributed by atoms with Crippen molar-refractivity contribution in [2.24, 2.45) is 5.92 Å². The van der Waals surface area contributed by atoms with Crippen LogP contribution in [0.5, 0.6) is 5.75 Å². The molecule has 1 heterocycles. The predicted octanol–water partition coefficient (Wildman–Crippen LogP) is 6.00. The molecule has 0 unspecified atom stereocenters. The van der Waals surface area contributed by atoms with Crippen LogP contribution >= 0.6 is 34.5 Å². The number of rotatable bonds is 10. The van der Waals surface area contributed by atoms with Gasteiger partial charge in [-0.1, -0.05) is 18.5 Å². The molecule has 4 atom stereocenters. The van der Waals surface area contributed by atoms with E-state index in [0.717, 1.165) is 24.1 Å². The summed E-state index contributed by atoms with van der Waals surface area (Å²) in [5, 5.41) is 21.0. The number of aliphatic hydroxyl groups excluding tert-OH is 1. The van der Waals surface area contributed by atoms with Crippen LogP contribution in [-0.2, 0) is 17.8 Å². The van der Waals surface area contributed by atoms with Crippen molar-refractivity contribution in [3.63, 3.8) is 0 Å². The summed E-state index contributed by atoms with van der Waals surface area (Å²) in [6.45, 7) is 5.57. The van der Waals surface area contributed by atoms with E-state index >= 15 is 0 Å². The van der Waals surface area contributed by atoms with E-state index in [-0.39, 0.29) is 30.7 Å². The predicted molar refractivity (Wildman–Crippen MR) is 133 cm³/mol. The van der Waals surface area contributed by atoms with Crippen LogP contribution in [0.4, 0.5) is 0 Å². The highest BCUT2D eigenvalue weighted by Crippen LogP contribution is 2.46. The van der Waals surface area contributed by atoms with Gasteiger partial charge in [0.2, 0.25) is 0 Å². The number of hydrogen-bond donors (Lipinski definition) is 2. The highest BCUT2D eigenvalue weighted by molar-refractivity contribution is 7.13. The van der Waals surface area contributed by atoms with Gasteiger partial charge in [-0.05, 0) is 75.4 Å². The normalized spacial score (nSPS) is 24.9. The molecular formula is C25H32Cl2O5S. The lowest BCUT2D eigenvalue weighted by molar-refractivity contribution is -0.0285. The minimum atomic E-state index is -1.05. The van der Waals surface area contributed by atoms with Crippen molar-refractivity contribution in [1.82, 2.24) is 0 Å². The molecule has 2 aromatic rings. The standard InChI is InChI=1S/C25H32Cl2O5S/c1-4-20-21(32-18-11-16(14-28)10-17(26)12-18)13-23(27)25(20,30)9-5-6-19-7-8-22(33-19)24(29)31-15(2)3/h7-8,10-12,15,20-21,23,28,30H,4-6,9,13-14H2,1-3H3/t20-,21+,23+,25+/m0/s1. The molecule has 1 aromatic heterocycles. The summed E-state index contributed by atoms with van der Waals surface area (Å²) in [6.07, 6.45) is 2.90. The zero-order chi connectivity index (χ0) is 24.2. The van der Waals surface area contributed by atoms with Crippen LogP contribution in [0.2, 0.25) is 5.02 Å². The van der Waals surface area contributed by atoms with E-state index in [2.05, 4.69) is 0 Å². The molecule has 1 aliphatic rings. The molecule has 0 saturated heterocycles. The van der Waals surface area contributed by atoms with Crippen molar-refractivity contribution in [3.8, 4) is 5.75 Å². The zero-order valence-electron chi connectivity index (χ0n) is 19.2. The van der Waals surface area contributed by atoms with E-state index in [1.54, 1.807) is 24.3 Å². The number of aliphatic hydroxyl groups is 2. The van der Waals surface area contributed by atoms with Crippen molar-refractivity contribution in [2.45, 2.75) is 82.7 Å². The fraction of sp³-hybridized carbons (Fsp3) is 0.560. The number of alkyl halides is 1. The summed E-state index contributed by atoms with van der Waals surface area (Å²) in [6, 6.07) is 8.91. The van der Waals surface area contributed by atoms with Crippen molar-refractivity contribution in [3.05, 3.63) is 50.7 Å². The Morgan fingerprint density at radius 2 is 2.06 bits per heavy atom. The summed E-state index contributed by atoms with van der Waals surface area (Å²) < 4.78 is 11.5. The van der Waals surface area contributed by atoms with Gasteiger partial charge in [0.1, 0.15) is 16.7 Å². The number of carbonyl (C=O) groups excluding carboxylic acids is 1. The minimum Gasteiger partial charge on any atom is -0.490 e. The summed E-state index contributed by atoms with van der Waals surface area (Å²) >= 11 is 14.2. The first-order valence-electron chi connectivity index (χ1n) is 11.4. The van der Waals surface area contributed by atoms with Crippen molar-refractivity contribution < 1.29 is 24.5 Å². The third-order valence-electron chi connectivity index (χ3n) is 6.12. The van der Waals surface area contributed by atoms with Crippen LogP contribution < -0.4 is 4.74 Å². The SMILES string of the molecule is CC[C@H]1[C@H](Oc2cc(Cl)cc(CO)c2)C[C@@H](Cl)[C@@]1(O)CCCc1ccc(C(=O)OC(C)C)s1. The van der Waals surface area contributed by atoms with Gasteiger partial charge in [-0.2, -0.15) is 0 Å². The smallest absolute Gasteiger partial charge is 0.348 e. The maximum absolute atomic E-state index is 12.1. The Bertz CT molecular complexity index is 947. The van der Waals surface area contributed by atoms with Gasteiger partial charge in [-0.25, -0.2) is 4.79 Å². The first-order chi connectivity index (χ1) is 15.7. The Hall–Kier alpha value is -1.31. The Labute approximate surface area is 209 Å². The maximum Gasteiger partial charge on any atom is 0.348 e. The van der Waals surface area contributed by atoms with Gasteiger partial charge in [0.25, 0.3) is 0 Å². The molecule has 0 amide bonds. The van der Waals surface area contributed by atoms with Gasteiger partial charge in [0, 0.05) is 22.2 Å². The summed E-state index contributed by atoms with van der Waals surface area (Å²) in [5.74, 6) is 0.145. The second-order valence-corrected chi connectivity index (χ2v) is 11.0. The molecule has 0 bridgehead atoms. The molecule has 33 heavy (non-hydrogen) atoms. The molecule has 1 fully saturated rings. The molecule has 1 aliphatic carbocycles. The molecular weight excluding hydrogens is 483 g/mol.